The van der Waals surface area contributed by atoms with E-state index in [1.54, 1.807) is 0 Å². The van der Waals surface area contributed by atoms with E-state index in [1.165, 1.54) is 114 Å². The monoisotopic (exact) mass is 473 g/mol. The van der Waals surface area contributed by atoms with Crippen LogP contribution in [0.3, 0.4) is 0 Å². The van der Waals surface area contributed by atoms with Crippen LogP contribution >= 0.6 is 0 Å². The molecule has 0 saturated carbocycles. The smallest absolute Gasteiger partial charge is 0.0184 e. The molecule has 0 aliphatic heterocycles. The molecule has 2 aromatic rings. The van der Waals surface area contributed by atoms with Crippen LogP contribution in [-0.4, -0.2) is 0 Å². The van der Waals surface area contributed by atoms with E-state index in [9.17, 15) is 0 Å². The van der Waals surface area contributed by atoms with Crippen molar-refractivity contribution in [3.8, 4) is 0 Å². The number of hydrogen-bond donors (Lipinski definition) is 0. The molecule has 0 aliphatic carbocycles. The van der Waals surface area contributed by atoms with Gasteiger partial charge in [-0.1, -0.05) is 207 Å². The van der Waals surface area contributed by atoms with Gasteiger partial charge < -0.3 is 0 Å². The van der Waals surface area contributed by atoms with Crippen molar-refractivity contribution < 1.29 is 0 Å². The quantitative estimate of drug-likeness (QED) is 0.240. The van der Waals surface area contributed by atoms with Crippen LogP contribution in [0.15, 0.2) is 48.5 Å². The van der Waals surface area contributed by atoms with Crippen LogP contribution in [0.25, 0.3) is 10.8 Å². The average molecular weight is 473 g/mol. The molecule has 200 valence electrons. The molecule has 0 nitrogen and oxygen atoms in total. The van der Waals surface area contributed by atoms with Crippen LogP contribution in [0, 0.1) is 0 Å². The Morgan fingerprint density at radius 3 is 0.676 bits per heavy atom. The molecule has 0 atom stereocenters. The first-order chi connectivity index (χ1) is 16.8. The Hall–Kier alpha value is -1.30. The van der Waals surface area contributed by atoms with Crippen molar-refractivity contribution in [1.29, 1.82) is 0 Å². The summed E-state index contributed by atoms with van der Waals surface area (Å²) in [5.74, 6) is 0. The number of rotatable bonds is 14. The van der Waals surface area contributed by atoms with Gasteiger partial charge in [0, 0.05) is 0 Å². The lowest BCUT2D eigenvalue weighted by Crippen LogP contribution is -1.77. The molecule has 0 heteroatoms. The lowest BCUT2D eigenvalue weighted by atomic mass is 10.1. The first-order valence-corrected chi connectivity index (χ1v) is 15.2. The molecular formula is C34H64. The topological polar surface area (TPSA) is 0 Å². The van der Waals surface area contributed by atoms with E-state index < -0.39 is 0 Å². The highest BCUT2D eigenvalue weighted by Crippen LogP contribution is 2.11. The molecule has 0 aromatic heterocycles. The second-order valence-corrected chi connectivity index (χ2v) is 8.59. The Morgan fingerprint density at radius 2 is 0.500 bits per heavy atom. The van der Waals surface area contributed by atoms with Crippen molar-refractivity contribution in [2.24, 2.45) is 0 Å². The summed E-state index contributed by atoms with van der Waals surface area (Å²) < 4.78 is 0. The molecule has 0 aliphatic rings. The van der Waals surface area contributed by atoms with Crippen molar-refractivity contribution in [2.75, 3.05) is 0 Å². The average Bonchev–Trinajstić information content (AvgIpc) is 2.91. The predicted molar refractivity (Wildman–Crippen MR) is 163 cm³/mol. The van der Waals surface area contributed by atoms with Crippen molar-refractivity contribution in [3.05, 3.63) is 48.5 Å². The maximum atomic E-state index is 2.27. The highest BCUT2D eigenvalue weighted by molar-refractivity contribution is 5.81. The standard InChI is InChI=1S/C10H8.2C10H22.2C2H6/c1-2-6-10-8-4-3-7-9(10)5-1;2*1-3-5-7-9-10-8-6-4-2;2*1-2/h1-8H;2*3-10H2,1-2H3;2*1-2H3. The Bertz CT molecular complexity index is 459. The summed E-state index contributed by atoms with van der Waals surface area (Å²) in [6.07, 6.45) is 22.9. The fraction of sp³-hybridized carbons (Fsp3) is 0.706. The maximum absolute atomic E-state index is 2.27. The molecule has 0 fully saturated rings. The van der Waals surface area contributed by atoms with Crippen LogP contribution in [-0.2, 0) is 0 Å². The van der Waals surface area contributed by atoms with Crippen LogP contribution < -0.4 is 0 Å². The van der Waals surface area contributed by atoms with Crippen LogP contribution in [0.4, 0.5) is 0 Å². The number of hydrogen-bond acceptors (Lipinski definition) is 0. The van der Waals surface area contributed by atoms with E-state index in [1.807, 2.05) is 27.7 Å². The molecule has 0 N–H and O–H groups in total. The Morgan fingerprint density at radius 1 is 0.324 bits per heavy atom. The van der Waals surface area contributed by atoms with E-state index in [-0.39, 0.29) is 0 Å². The summed E-state index contributed by atoms with van der Waals surface area (Å²) in [7, 11) is 0. The zero-order valence-electron chi connectivity index (χ0n) is 24.9. The van der Waals surface area contributed by atoms with E-state index >= 15 is 0 Å². The van der Waals surface area contributed by atoms with Gasteiger partial charge >= 0.3 is 0 Å². The normalized spacial score (nSPS) is 9.29. The largest absolute Gasteiger partial charge is 0.0683 e. The third kappa shape index (κ3) is 28.7. The van der Waals surface area contributed by atoms with Gasteiger partial charge in [0.2, 0.25) is 0 Å². The molecule has 0 heterocycles. The van der Waals surface area contributed by atoms with Crippen LogP contribution in [0.1, 0.15) is 158 Å². The maximum Gasteiger partial charge on any atom is -0.0184 e. The van der Waals surface area contributed by atoms with Gasteiger partial charge in [-0.2, -0.15) is 0 Å². The zero-order chi connectivity index (χ0) is 26.1. The summed E-state index contributed by atoms with van der Waals surface area (Å²) >= 11 is 0. The molecule has 0 unspecified atom stereocenters. The van der Waals surface area contributed by atoms with Crippen molar-refractivity contribution >= 4 is 10.8 Å². The third-order valence-electron chi connectivity index (χ3n) is 5.57. The highest BCUT2D eigenvalue weighted by atomic mass is 13.9. The molecule has 0 spiro atoms. The SMILES string of the molecule is CC.CC.CCCCCCCCCC.CCCCCCCCCC.c1ccc2ccccc2c1. The lowest BCUT2D eigenvalue weighted by Gasteiger charge is -1.97. The fourth-order valence-corrected chi connectivity index (χ4v) is 3.55. The molecule has 2 rings (SSSR count). The summed E-state index contributed by atoms with van der Waals surface area (Å²) in [6.45, 7) is 17.1. The summed E-state index contributed by atoms with van der Waals surface area (Å²) in [6, 6.07) is 16.7. The number of fused-ring (bicyclic) bond motifs is 1. The van der Waals surface area contributed by atoms with E-state index in [0.717, 1.165) is 0 Å². The molecule has 34 heavy (non-hydrogen) atoms. The van der Waals surface area contributed by atoms with Gasteiger partial charge in [0.05, 0.1) is 0 Å². The van der Waals surface area contributed by atoms with Gasteiger partial charge in [0.1, 0.15) is 0 Å². The van der Waals surface area contributed by atoms with Gasteiger partial charge in [0.15, 0.2) is 0 Å². The minimum Gasteiger partial charge on any atom is -0.0683 e. The number of unbranched alkanes of at least 4 members (excludes halogenated alkanes) is 14. The first kappa shape index (κ1) is 37.3. The van der Waals surface area contributed by atoms with Crippen LogP contribution in [0.5, 0.6) is 0 Å². The minimum atomic E-state index is 1.31. The minimum absolute atomic E-state index is 1.31. The molecule has 0 radical (unpaired) electrons. The molecule has 0 saturated heterocycles. The summed E-state index contributed by atoms with van der Waals surface area (Å²) in [4.78, 5) is 0. The lowest BCUT2D eigenvalue weighted by molar-refractivity contribution is 0.585. The second kappa shape index (κ2) is 36.3. The highest BCUT2D eigenvalue weighted by Gasteiger charge is 1.88. The van der Waals surface area contributed by atoms with Gasteiger partial charge in [-0.05, 0) is 10.8 Å². The second-order valence-electron chi connectivity index (χ2n) is 8.59. The molecule has 0 bridgehead atoms. The van der Waals surface area contributed by atoms with E-state index in [2.05, 4.69) is 76.2 Å². The van der Waals surface area contributed by atoms with Crippen molar-refractivity contribution in [2.45, 2.75) is 158 Å². The van der Waals surface area contributed by atoms with Gasteiger partial charge in [-0.25, -0.2) is 0 Å². The molecule has 0 amide bonds. The van der Waals surface area contributed by atoms with Crippen molar-refractivity contribution in [1.82, 2.24) is 0 Å². The summed E-state index contributed by atoms with van der Waals surface area (Å²) in [5, 5.41) is 2.62. The fourth-order valence-electron chi connectivity index (χ4n) is 3.55. The third-order valence-corrected chi connectivity index (χ3v) is 5.57. The van der Waals surface area contributed by atoms with Gasteiger partial charge in [0.25, 0.3) is 0 Å². The first-order valence-electron chi connectivity index (χ1n) is 15.2. The Balaban J connectivity index is -0.000000394. The number of benzene rings is 2. The van der Waals surface area contributed by atoms with Crippen LogP contribution in [0.2, 0.25) is 0 Å². The zero-order valence-corrected chi connectivity index (χ0v) is 24.9. The Labute approximate surface area is 217 Å². The van der Waals surface area contributed by atoms with E-state index in [4.69, 9.17) is 0 Å². The Kier molecular flexibility index (Phi) is 39.7. The van der Waals surface area contributed by atoms with Gasteiger partial charge in [-0.15, -0.1) is 0 Å². The molecular weight excluding hydrogens is 408 g/mol. The van der Waals surface area contributed by atoms with E-state index in [0.29, 0.717) is 0 Å². The van der Waals surface area contributed by atoms with Crippen molar-refractivity contribution in [3.63, 3.8) is 0 Å². The van der Waals surface area contributed by atoms with Gasteiger partial charge in [-0.3, -0.25) is 0 Å². The summed E-state index contributed by atoms with van der Waals surface area (Å²) in [5.41, 5.74) is 0. The predicted octanol–water partition coefficient (Wildman–Crippen LogP) is 13.2. The molecule has 2 aromatic carbocycles.